The summed E-state index contributed by atoms with van der Waals surface area (Å²) >= 11 is 26.7. The standard InChI is InChI=1S/C32H24Cl4N2O3S/c1-18-7-9-23(15-25(18)34)37-32-38(24-10-8-19(2)26(35)16-24)31(39)29(42-32)14-21-12-27(36)30(28(13-21)40-3)41-17-20-5-4-6-22(33)11-20/h4-16H,17H2,1-3H3/b29-14+,37-32?. The fourth-order valence-electron chi connectivity index (χ4n) is 4.16. The van der Waals surface area contributed by atoms with Crippen molar-refractivity contribution in [2.75, 3.05) is 12.0 Å². The van der Waals surface area contributed by atoms with Crippen molar-refractivity contribution in [3.05, 3.63) is 120 Å². The van der Waals surface area contributed by atoms with Crippen molar-refractivity contribution in [2.45, 2.75) is 20.5 Å². The van der Waals surface area contributed by atoms with Gasteiger partial charge in [-0.1, -0.05) is 70.7 Å². The van der Waals surface area contributed by atoms with E-state index in [1.807, 2.05) is 56.3 Å². The third kappa shape index (κ3) is 6.74. The minimum absolute atomic E-state index is 0.252. The number of aliphatic imine (C=N–C) groups is 1. The Hall–Kier alpha value is -3.13. The van der Waals surface area contributed by atoms with Crippen LogP contribution >= 0.6 is 58.2 Å². The molecular formula is C32H24Cl4N2O3S. The summed E-state index contributed by atoms with van der Waals surface area (Å²) in [5, 5.41) is 2.55. The lowest BCUT2D eigenvalue weighted by atomic mass is 10.1. The van der Waals surface area contributed by atoms with Gasteiger partial charge in [-0.2, -0.15) is 0 Å². The van der Waals surface area contributed by atoms with Gasteiger partial charge in [0.15, 0.2) is 16.7 Å². The summed E-state index contributed by atoms with van der Waals surface area (Å²) in [6.45, 7) is 4.07. The lowest BCUT2D eigenvalue weighted by Crippen LogP contribution is -2.28. The molecule has 214 valence electrons. The van der Waals surface area contributed by atoms with Gasteiger partial charge in [0.25, 0.3) is 5.91 Å². The molecule has 0 aliphatic carbocycles. The molecule has 0 atom stereocenters. The van der Waals surface area contributed by atoms with Crippen molar-refractivity contribution in [1.29, 1.82) is 0 Å². The fourth-order valence-corrected chi connectivity index (χ4v) is 5.99. The highest BCUT2D eigenvalue weighted by Gasteiger charge is 2.35. The summed E-state index contributed by atoms with van der Waals surface area (Å²) in [6.07, 6.45) is 1.75. The molecule has 10 heteroatoms. The van der Waals surface area contributed by atoms with Crippen LogP contribution in [-0.2, 0) is 11.4 Å². The van der Waals surface area contributed by atoms with Crippen molar-refractivity contribution < 1.29 is 14.3 Å². The lowest BCUT2D eigenvalue weighted by Gasteiger charge is -2.17. The van der Waals surface area contributed by atoms with Gasteiger partial charge in [-0.3, -0.25) is 9.69 Å². The van der Waals surface area contributed by atoms with Crippen LogP contribution in [-0.4, -0.2) is 18.2 Å². The average Bonchev–Trinajstić information content (AvgIpc) is 3.25. The number of nitrogens with zero attached hydrogens (tertiary/aromatic N) is 2. The van der Waals surface area contributed by atoms with Crippen LogP contribution in [0.3, 0.4) is 0 Å². The number of methoxy groups -OCH3 is 1. The maximum absolute atomic E-state index is 13.8. The smallest absolute Gasteiger partial charge is 0.271 e. The molecule has 0 N–H and O–H groups in total. The normalized spacial score (nSPS) is 15.1. The predicted octanol–water partition coefficient (Wildman–Crippen LogP) is 10.3. The van der Waals surface area contributed by atoms with E-state index in [-0.39, 0.29) is 12.5 Å². The molecule has 0 saturated carbocycles. The number of halogens is 4. The number of amidine groups is 1. The first-order valence-electron chi connectivity index (χ1n) is 12.7. The molecule has 0 bridgehead atoms. The third-order valence-electron chi connectivity index (χ3n) is 6.42. The molecule has 4 aromatic rings. The molecule has 1 heterocycles. The largest absolute Gasteiger partial charge is 0.493 e. The van der Waals surface area contributed by atoms with Gasteiger partial charge in [-0.15, -0.1) is 0 Å². The molecule has 42 heavy (non-hydrogen) atoms. The molecule has 1 saturated heterocycles. The molecule has 1 aliphatic rings. The number of anilines is 1. The third-order valence-corrected chi connectivity index (χ3v) is 8.72. The van der Waals surface area contributed by atoms with Gasteiger partial charge in [0.2, 0.25) is 0 Å². The van der Waals surface area contributed by atoms with Gasteiger partial charge >= 0.3 is 0 Å². The minimum atomic E-state index is -0.256. The van der Waals surface area contributed by atoms with Crippen LogP contribution < -0.4 is 14.4 Å². The number of amides is 1. The maximum atomic E-state index is 13.8. The highest BCUT2D eigenvalue weighted by atomic mass is 35.5. The summed E-state index contributed by atoms with van der Waals surface area (Å²) < 4.78 is 11.6. The Morgan fingerprint density at radius 2 is 1.62 bits per heavy atom. The van der Waals surface area contributed by atoms with Gasteiger partial charge in [0.1, 0.15) is 6.61 Å². The second kappa shape index (κ2) is 13.0. The van der Waals surface area contributed by atoms with Crippen molar-refractivity contribution in [3.63, 3.8) is 0 Å². The Balaban J connectivity index is 1.50. The molecule has 4 aromatic carbocycles. The summed E-state index contributed by atoms with van der Waals surface area (Å²) in [5.41, 5.74) is 4.60. The van der Waals surface area contributed by atoms with Crippen molar-refractivity contribution >= 4 is 86.7 Å². The average molecular weight is 658 g/mol. The monoisotopic (exact) mass is 656 g/mol. The first kappa shape index (κ1) is 30.3. The van der Waals surface area contributed by atoms with Crippen LogP contribution in [0.5, 0.6) is 11.5 Å². The van der Waals surface area contributed by atoms with E-state index < -0.39 is 0 Å². The Morgan fingerprint density at radius 3 is 2.31 bits per heavy atom. The topological polar surface area (TPSA) is 51.1 Å². The number of hydrogen-bond donors (Lipinski definition) is 0. The molecule has 0 spiro atoms. The van der Waals surface area contributed by atoms with E-state index in [1.54, 1.807) is 36.4 Å². The molecule has 0 aromatic heterocycles. The van der Waals surface area contributed by atoms with E-state index in [0.717, 1.165) is 16.7 Å². The van der Waals surface area contributed by atoms with Gasteiger partial charge < -0.3 is 9.47 Å². The molecule has 5 rings (SSSR count). The Labute approximate surface area is 268 Å². The summed E-state index contributed by atoms with van der Waals surface area (Å²) in [5.74, 6) is 0.562. The van der Waals surface area contributed by atoms with Gasteiger partial charge in [0.05, 0.1) is 28.4 Å². The van der Waals surface area contributed by atoms with Crippen LogP contribution in [0.25, 0.3) is 6.08 Å². The second-order valence-electron chi connectivity index (χ2n) is 9.47. The first-order chi connectivity index (χ1) is 20.1. The van der Waals surface area contributed by atoms with Crippen LogP contribution in [0.1, 0.15) is 22.3 Å². The van der Waals surface area contributed by atoms with E-state index in [0.29, 0.717) is 58.6 Å². The van der Waals surface area contributed by atoms with Crippen LogP contribution in [0, 0.1) is 13.8 Å². The SMILES string of the molecule is COc1cc(/C=C2/SC(=Nc3ccc(C)c(Cl)c3)N(c3ccc(C)c(Cl)c3)C2=O)cc(Cl)c1OCc1cccc(Cl)c1. The van der Waals surface area contributed by atoms with E-state index in [1.165, 1.54) is 23.8 Å². The Kier molecular flexibility index (Phi) is 9.41. The predicted molar refractivity (Wildman–Crippen MR) is 176 cm³/mol. The number of carbonyl (C=O) groups is 1. The fraction of sp³-hybridized carbons (Fsp3) is 0.125. The number of carbonyl (C=O) groups excluding carboxylic acids is 1. The highest BCUT2D eigenvalue weighted by Crippen LogP contribution is 2.41. The van der Waals surface area contributed by atoms with Crippen LogP contribution in [0.15, 0.2) is 82.7 Å². The first-order valence-corrected chi connectivity index (χ1v) is 15.1. The molecular weight excluding hydrogens is 634 g/mol. The number of ether oxygens (including phenoxy) is 2. The van der Waals surface area contributed by atoms with E-state index in [2.05, 4.69) is 0 Å². The van der Waals surface area contributed by atoms with E-state index >= 15 is 0 Å². The Bertz CT molecular complexity index is 1760. The number of aryl methyl sites for hydroxylation is 2. The minimum Gasteiger partial charge on any atom is -0.493 e. The Morgan fingerprint density at radius 1 is 0.881 bits per heavy atom. The van der Waals surface area contributed by atoms with Gasteiger partial charge in [-0.25, -0.2) is 4.99 Å². The zero-order valence-electron chi connectivity index (χ0n) is 22.8. The van der Waals surface area contributed by atoms with Crippen LogP contribution in [0.2, 0.25) is 20.1 Å². The molecule has 1 fully saturated rings. The zero-order valence-corrected chi connectivity index (χ0v) is 26.6. The van der Waals surface area contributed by atoms with Gasteiger partial charge in [-0.05, 0) is 102 Å². The number of rotatable bonds is 7. The number of benzene rings is 4. The lowest BCUT2D eigenvalue weighted by molar-refractivity contribution is -0.113. The summed E-state index contributed by atoms with van der Waals surface area (Å²) in [7, 11) is 1.53. The number of hydrogen-bond acceptors (Lipinski definition) is 5. The molecule has 1 amide bonds. The molecule has 0 unspecified atom stereocenters. The molecule has 0 radical (unpaired) electrons. The van der Waals surface area contributed by atoms with Gasteiger partial charge in [0, 0.05) is 15.1 Å². The van der Waals surface area contributed by atoms with E-state index in [4.69, 9.17) is 60.9 Å². The van der Waals surface area contributed by atoms with Crippen molar-refractivity contribution in [2.24, 2.45) is 4.99 Å². The maximum Gasteiger partial charge on any atom is 0.271 e. The number of thioether (sulfide) groups is 1. The highest BCUT2D eigenvalue weighted by molar-refractivity contribution is 8.19. The second-order valence-corrected chi connectivity index (χ2v) is 12.1. The van der Waals surface area contributed by atoms with E-state index in [9.17, 15) is 4.79 Å². The van der Waals surface area contributed by atoms with Crippen LogP contribution in [0.4, 0.5) is 11.4 Å². The zero-order chi connectivity index (χ0) is 30.0. The summed E-state index contributed by atoms with van der Waals surface area (Å²) in [6, 6.07) is 21.8. The quantitative estimate of drug-likeness (QED) is 0.186. The molecule has 5 nitrogen and oxygen atoms in total. The summed E-state index contributed by atoms with van der Waals surface area (Å²) in [4.78, 5) is 20.6. The van der Waals surface area contributed by atoms with Crippen molar-refractivity contribution in [3.8, 4) is 11.5 Å². The van der Waals surface area contributed by atoms with Crippen molar-refractivity contribution in [1.82, 2.24) is 0 Å². The molecule has 1 aliphatic heterocycles.